The number of amides is 1. The topological polar surface area (TPSA) is 110 Å². The van der Waals surface area contributed by atoms with Crippen molar-refractivity contribution in [3.63, 3.8) is 0 Å². The third-order valence-corrected chi connectivity index (χ3v) is 5.20. The number of halogens is 3. The summed E-state index contributed by atoms with van der Waals surface area (Å²) in [6, 6.07) is 1.55. The molecule has 1 fully saturated rings. The Kier molecular flexibility index (Phi) is 7.44. The van der Waals surface area contributed by atoms with Crippen molar-refractivity contribution >= 4 is 11.9 Å². The summed E-state index contributed by atoms with van der Waals surface area (Å²) in [4.78, 5) is 31.8. The van der Waals surface area contributed by atoms with Gasteiger partial charge in [-0.2, -0.15) is 18.3 Å². The number of alkyl halides is 3. The van der Waals surface area contributed by atoms with Crippen LogP contribution in [-0.2, 0) is 22.5 Å². The maximum absolute atomic E-state index is 13.0. The van der Waals surface area contributed by atoms with Crippen molar-refractivity contribution in [1.82, 2.24) is 24.6 Å². The molecule has 3 heterocycles. The number of nitrogens with zero attached hydrogens (tertiary/aromatic N) is 5. The highest BCUT2D eigenvalue weighted by molar-refractivity contribution is 5.92. The largest absolute Gasteiger partial charge is 0.490 e. The predicted octanol–water partition coefficient (Wildman–Crippen LogP) is 2.49. The third-order valence-electron chi connectivity index (χ3n) is 5.20. The van der Waals surface area contributed by atoms with Gasteiger partial charge in [0.2, 0.25) is 0 Å². The number of carboxylic acids is 1. The monoisotopic (exact) mass is 455 g/mol. The molecule has 0 aromatic carbocycles. The minimum atomic E-state index is -5.08. The van der Waals surface area contributed by atoms with Gasteiger partial charge in [-0.3, -0.25) is 9.48 Å². The maximum Gasteiger partial charge on any atom is 0.490 e. The molecule has 0 saturated heterocycles. The maximum atomic E-state index is 13.0. The molecule has 0 bridgehead atoms. The van der Waals surface area contributed by atoms with Crippen LogP contribution in [0.15, 0.2) is 24.8 Å². The number of hydrogen-bond donors (Lipinski definition) is 1. The Balaban J connectivity index is 0.000000360. The van der Waals surface area contributed by atoms with E-state index in [9.17, 15) is 18.0 Å². The molecule has 2 aromatic rings. The van der Waals surface area contributed by atoms with Gasteiger partial charge in [0.05, 0.1) is 24.5 Å². The lowest BCUT2D eigenvalue weighted by atomic mass is 9.99. The average molecular weight is 455 g/mol. The molecule has 1 amide bonds. The van der Waals surface area contributed by atoms with E-state index in [0.717, 1.165) is 25.3 Å². The molecule has 12 heteroatoms. The van der Waals surface area contributed by atoms with Crippen LogP contribution >= 0.6 is 0 Å². The smallest absolute Gasteiger partial charge is 0.475 e. The summed E-state index contributed by atoms with van der Waals surface area (Å²) in [6.45, 7) is 4.79. The number of carboxylic acid groups (broad SMARTS) is 1. The molecule has 2 aromatic heterocycles. The van der Waals surface area contributed by atoms with Gasteiger partial charge in [0.25, 0.3) is 5.91 Å². The van der Waals surface area contributed by atoms with Gasteiger partial charge in [-0.05, 0) is 43.7 Å². The van der Waals surface area contributed by atoms with Crippen molar-refractivity contribution in [3.05, 3.63) is 41.7 Å². The van der Waals surface area contributed by atoms with Gasteiger partial charge in [-0.25, -0.2) is 14.8 Å². The highest BCUT2D eigenvalue weighted by Gasteiger charge is 2.38. The Morgan fingerprint density at radius 3 is 2.56 bits per heavy atom. The number of hydrogen-bond acceptors (Lipinski definition) is 6. The lowest BCUT2D eigenvalue weighted by molar-refractivity contribution is -0.192. The number of ether oxygens (including phenoxy) is 1. The SMILES string of the molecule is CCn1ncc2c1C(COCC1CC1)N(C(=O)c1ccncn1)CC2.O=C(O)C(F)(F)F. The standard InChI is InChI=1S/C18H23N5O2.C2HF3O2/c1-2-23-17-14(9-21-23)6-8-22(16(17)11-25-10-13-3-4-13)18(24)15-5-7-19-12-20-15;3-2(4,5)1(6)7/h5,7,9,12-13,16H,2-4,6,8,10-11H2,1H3;(H,6,7). The molecule has 4 rings (SSSR count). The van der Waals surface area contributed by atoms with Crippen molar-refractivity contribution < 1.29 is 32.6 Å². The zero-order chi connectivity index (χ0) is 23.3. The van der Waals surface area contributed by atoms with E-state index in [4.69, 9.17) is 14.6 Å². The van der Waals surface area contributed by atoms with E-state index in [0.29, 0.717) is 24.8 Å². The highest BCUT2D eigenvalue weighted by Crippen LogP contribution is 2.33. The van der Waals surface area contributed by atoms with E-state index in [2.05, 4.69) is 22.0 Å². The number of carbonyl (C=O) groups is 2. The number of rotatable bonds is 6. The minimum Gasteiger partial charge on any atom is -0.475 e. The molecule has 1 saturated carbocycles. The number of carbonyl (C=O) groups excluding carboxylic acids is 1. The van der Waals surface area contributed by atoms with E-state index in [1.54, 1.807) is 12.3 Å². The second-order valence-electron chi connectivity index (χ2n) is 7.51. The summed E-state index contributed by atoms with van der Waals surface area (Å²) < 4.78 is 39.7. The van der Waals surface area contributed by atoms with Crippen LogP contribution in [0.5, 0.6) is 0 Å². The Hall–Kier alpha value is -3.02. The quantitative estimate of drug-likeness (QED) is 0.713. The Morgan fingerprint density at radius 1 is 1.28 bits per heavy atom. The summed E-state index contributed by atoms with van der Waals surface area (Å²) in [5, 5.41) is 11.6. The van der Waals surface area contributed by atoms with Gasteiger partial charge in [0, 0.05) is 25.9 Å². The molecule has 174 valence electrons. The number of aryl methyl sites for hydroxylation is 1. The Labute approximate surface area is 182 Å². The van der Waals surface area contributed by atoms with E-state index < -0.39 is 12.1 Å². The molecule has 1 aliphatic heterocycles. The fraction of sp³-hybridized carbons (Fsp3) is 0.550. The fourth-order valence-corrected chi connectivity index (χ4v) is 3.42. The van der Waals surface area contributed by atoms with Crippen LogP contribution in [0.1, 0.15) is 47.6 Å². The first-order valence-electron chi connectivity index (χ1n) is 10.2. The highest BCUT2D eigenvalue weighted by atomic mass is 19.4. The summed E-state index contributed by atoms with van der Waals surface area (Å²) in [5.41, 5.74) is 2.74. The van der Waals surface area contributed by atoms with E-state index >= 15 is 0 Å². The molecule has 1 atom stereocenters. The second-order valence-corrected chi connectivity index (χ2v) is 7.51. The summed E-state index contributed by atoms with van der Waals surface area (Å²) in [6.07, 6.45) is 3.19. The number of aliphatic carboxylic acids is 1. The second kappa shape index (κ2) is 10.1. The molecule has 2 aliphatic rings. The first-order valence-corrected chi connectivity index (χ1v) is 10.2. The number of fused-ring (bicyclic) bond motifs is 1. The van der Waals surface area contributed by atoms with Crippen molar-refractivity contribution in [1.29, 1.82) is 0 Å². The van der Waals surface area contributed by atoms with Crippen molar-refractivity contribution in [3.8, 4) is 0 Å². The van der Waals surface area contributed by atoms with Gasteiger partial charge in [0.15, 0.2) is 0 Å². The van der Waals surface area contributed by atoms with Crippen LogP contribution in [0, 0.1) is 5.92 Å². The van der Waals surface area contributed by atoms with Gasteiger partial charge in [-0.15, -0.1) is 0 Å². The van der Waals surface area contributed by atoms with Crippen LogP contribution in [0.4, 0.5) is 13.2 Å². The molecule has 1 unspecified atom stereocenters. The summed E-state index contributed by atoms with van der Waals surface area (Å²) in [5.74, 6) is -2.13. The molecule has 1 aliphatic carbocycles. The van der Waals surface area contributed by atoms with Gasteiger partial charge in [0.1, 0.15) is 12.0 Å². The predicted molar refractivity (Wildman–Crippen MR) is 105 cm³/mol. The molecule has 9 nitrogen and oxygen atoms in total. The molecule has 32 heavy (non-hydrogen) atoms. The van der Waals surface area contributed by atoms with Crippen molar-refractivity contribution in [2.45, 2.75) is 44.9 Å². The van der Waals surface area contributed by atoms with Crippen LogP contribution < -0.4 is 0 Å². The lowest BCUT2D eigenvalue weighted by Gasteiger charge is -2.36. The molecular weight excluding hydrogens is 431 g/mol. The first kappa shape index (κ1) is 23.6. The van der Waals surface area contributed by atoms with E-state index in [1.807, 2.05) is 15.8 Å². The molecular formula is C20H24F3N5O4. The fourth-order valence-electron chi connectivity index (χ4n) is 3.42. The van der Waals surface area contributed by atoms with Crippen molar-refractivity contribution in [2.24, 2.45) is 5.92 Å². The zero-order valence-electron chi connectivity index (χ0n) is 17.5. The van der Waals surface area contributed by atoms with Gasteiger partial charge < -0.3 is 14.7 Å². The van der Waals surface area contributed by atoms with E-state index in [-0.39, 0.29) is 11.9 Å². The Morgan fingerprint density at radius 2 is 2.00 bits per heavy atom. The summed E-state index contributed by atoms with van der Waals surface area (Å²) >= 11 is 0. The van der Waals surface area contributed by atoms with Crippen LogP contribution in [0.3, 0.4) is 0 Å². The number of aromatic nitrogens is 4. The Bertz CT molecular complexity index is 918. The third kappa shape index (κ3) is 5.81. The first-order chi connectivity index (χ1) is 15.2. The lowest BCUT2D eigenvalue weighted by Crippen LogP contribution is -2.43. The van der Waals surface area contributed by atoms with E-state index in [1.165, 1.54) is 24.7 Å². The molecule has 0 radical (unpaired) electrons. The van der Waals surface area contributed by atoms with Crippen LogP contribution in [0.2, 0.25) is 0 Å². The normalized spacial score (nSPS) is 17.9. The van der Waals surface area contributed by atoms with Gasteiger partial charge in [-0.1, -0.05) is 0 Å². The zero-order valence-corrected chi connectivity index (χ0v) is 17.5. The average Bonchev–Trinajstić information content (AvgIpc) is 3.50. The van der Waals surface area contributed by atoms with Crippen LogP contribution in [0.25, 0.3) is 0 Å². The summed E-state index contributed by atoms with van der Waals surface area (Å²) in [7, 11) is 0. The molecule has 1 N–H and O–H groups in total. The molecule has 0 spiro atoms. The van der Waals surface area contributed by atoms with Crippen molar-refractivity contribution in [2.75, 3.05) is 19.8 Å². The van der Waals surface area contributed by atoms with Gasteiger partial charge >= 0.3 is 12.1 Å². The minimum absolute atomic E-state index is 0.0723. The van der Waals surface area contributed by atoms with Crippen LogP contribution in [-0.4, -0.2) is 67.6 Å².